The summed E-state index contributed by atoms with van der Waals surface area (Å²) in [7, 11) is 0. The summed E-state index contributed by atoms with van der Waals surface area (Å²) in [6, 6.07) is 91.2. The van der Waals surface area contributed by atoms with E-state index in [9.17, 15) is 0 Å². The fourth-order valence-corrected chi connectivity index (χ4v) is 15.2. The molecule has 15 rings (SSSR count). The topological polar surface area (TPSA) is 3.24 Å². The number of hydrogen-bond acceptors (Lipinski definition) is 1. The van der Waals surface area contributed by atoms with Crippen LogP contribution in [0.2, 0.25) is 0 Å². The van der Waals surface area contributed by atoms with Gasteiger partial charge < -0.3 is 4.90 Å². The summed E-state index contributed by atoms with van der Waals surface area (Å²) in [5.74, 6) is 0. The van der Waals surface area contributed by atoms with Crippen LogP contribution in [0.5, 0.6) is 0 Å². The van der Waals surface area contributed by atoms with Crippen molar-refractivity contribution >= 4 is 17.1 Å². The Bertz CT molecular complexity index is 4420. The van der Waals surface area contributed by atoms with Crippen molar-refractivity contribution in [3.63, 3.8) is 0 Å². The average Bonchev–Trinajstić information content (AvgIpc) is 2.03. The summed E-state index contributed by atoms with van der Waals surface area (Å²) in [5, 5.41) is 0. The van der Waals surface area contributed by atoms with Crippen LogP contribution in [0.1, 0.15) is 125 Å². The van der Waals surface area contributed by atoms with Crippen LogP contribution in [0.3, 0.4) is 0 Å². The Kier molecular flexibility index (Phi) is 10.8. The molecule has 0 amide bonds. The van der Waals surface area contributed by atoms with Crippen molar-refractivity contribution in [3.8, 4) is 77.9 Å². The Morgan fingerprint density at radius 3 is 1.30 bits per heavy atom. The van der Waals surface area contributed by atoms with E-state index in [4.69, 9.17) is 0 Å². The van der Waals surface area contributed by atoms with E-state index >= 15 is 0 Å². The zero-order valence-corrected chi connectivity index (χ0v) is 49.0. The van der Waals surface area contributed by atoms with E-state index in [1.165, 1.54) is 134 Å². The zero-order chi connectivity index (χ0) is 56.2. The summed E-state index contributed by atoms with van der Waals surface area (Å²) in [6.07, 6.45) is 0. The first-order valence-electron chi connectivity index (χ1n) is 29.6. The second kappa shape index (κ2) is 17.6. The predicted octanol–water partition coefficient (Wildman–Crippen LogP) is 21.7. The van der Waals surface area contributed by atoms with Gasteiger partial charge in [0, 0.05) is 27.6 Å². The molecule has 1 spiro atoms. The maximum Gasteiger partial charge on any atom is 0.0725 e. The highest BCUT2D eigenvalue weighted by Crippen LogP contribution is 2.64. The monoisotopic (exact) mass is 1060 g/mol. The molecule has 0 unspecified atom stereocenters. The Balaban J connectivity index is 0.969. The van der Waals surface area contributed by atoms with Gasteiger partial charge in [-0.25, -0.2) is 0 Å². The van der Waals surface area contributed by atoms with Gasteiger partial charge in [-0.3, -0.25) is 0 Å². The highest BCUT2D eigenvalue weighted by molar-refractivity contribution is 6.02. The molecular weight excluding hydrogens is 987 g/mol. The quantitative estimate of drug-likeness (QED) is 0.160. The molecule has 4 aliphatic carbocycles. The van der Waals surface area contributed by atoms with Crippen LogP contribution in [-0.4, -0.2) is 0 Å². The van der Waals surface area contributed by atoms with Crippen molar-refractivity contribution in [2.75, 3.05) is 4.90 Å². The van der Waals surface area contributed by atoms with E-state index in [-0.39, 0.29) is 21.7 Å². The number of rotatable bonds is 6. The minimum Gasteiger partial charge on any atom is -0.309 e. The molecule has 4 aliphatic rings. The fraction of sp³-hybridized carbons (Fsp3) is 0.185. The van der Waals surface area contributed by atoms with Crippen LogP contribution in [0.4, 0.5) is 17.1 Å². The van der Waals surface area contributed by atoms with E-state index in [1.54, 1.807) is 0 Å². The van der Waals surface area contributed by atoms with Crippen LogP contribution >= 0.6 is 0 Å². The molecule has 0 N–H and O–H groups in total. The van der Waals surface area contributed by atoms with Gasteiger partial charge in [-0.05, 0) is 170 Å². The Hall–Kier alpha value is -8.78. The lowest BCUT2D eigenvalue weighted by Crippen LogP contribution is -2.27. The Labute approximate surface area is 485 Å². The first kappa shape index (κ1) is 50.2. The molecule has 11 aromatic rings. The van der Waals surface area contributed by atoms with Gasteiger partial charge in [-0.2, -0.15) is 0 Å². The van der Waals surface area contributed by atoms with Gasteiger partial charge in [-0.15, -0.1) is 0 Å². The number of anilines is 3. The van der Waals surface area contributed by atoms with Crippen molar-refractivity contribution in [2.45, 2.75) is 96.3 Å². The third-order valence-electron chi connectivity index (χ3n) is 19.4. The van der Waals surface area contributed by atoms with Gasteiger partial charge in [0.15, 0.2) is 0 Å². The lowest BCUT2D eigenvalue weighted by Gasteiger charge is -2.33. The molecule has 0 aromatic heterocycles. The molecule has 0 fully saturated rings. The van der Waals surface area contributed by atoms with Gasteiger partial charge in [-0.1, -0.05) is 269 Å². The average molecular weight is 1060 g/mol. The molecule has 0 heterocycles. The van der Waals surface area contributed by atoms with Crippen molar-refractivity contribution in [3.05, 3.63) is 292 Å². The number of para-hydroxylation sites is 2. The lowest BCUT2D eigenvalue weighted by atomic mass is 9.68. The molecular formula is C81H69N. The minimum absolute atomic E-state index is 0.0389. The molecule has 0 saturated heterocycles. The second-order valence-electron chi connectivity index (χ2n) is 26.8. The van der Waals surface area contributed by atoms with Gasteiger partial charge in [0.05, 0.1) is 16.8 Å². The summed E-state index contributed by atoms with van der Waals surface area (Å²) in [5.41, 5.74) is 33.9. The standard InChI is InChI=1S/C81H69N/c1-77(2,3)53-39-43-61-62-44-40-54(78(4,5)6)49-73(62)81(72(61)48-53)68-33-18-12-27-58(68)60-42-38-52(47-71(60)81)56-25-14-19-35-74(56)82(55-24-21-23-50(45-55)51-37-41-59-57-26-11-16-31-66(57)80(9,10)70(59)46-51)75-36-20-15-28-63(75)64-30-22-34-69-76(64)65-29-13-17-32-67(65)79(69,7)8/h11-49H,1-10H3. The van der Waals surface area contributed by atoms with Gasteiger partial charge >= 0.3 is 0 Å². The largest absolute Gasteiger partial charge is 0.309 e. The highest BCUT2D eigenvalue weighted by atomic mass is 15.1. The van der Waals surface area contributed by atoms with Crippen molar-refractivity contribution in [1.29, 1.82) is 0 Å². The smallest absolute Gasteiger partial charge is 0.0725 e. The van der Waals surface area contributed by atoms with E-state index in [2.05, 4.69) is 311 Å². The van der Waals surface area contributed by atoms with Gasteiger partial charge in [0.2, 0.25) is 0 Å². The molecule has 0 bridgehead atoms. The van der Waals surface area contributed by atoms with Crippen LogP contribution in [0.15, 0.2) is 237 Å². The minimum atomic E-state index is -0.533. The zero-order valence-electron chi connectivity index (χ0n) is 49.0. The van der Waals surface area contributed by atoms with Crippen molar-refractivity contribution in [2.24, 2.45) is 0 Å². The Morgan fingerprint density at radius 1 is 0.268 bits per heavy atom. The lowest BCUT2D eigenvalue weighted by molar-refractivity contribution is 0.586. The first-order chi connectivity index (χ1) is 39.5. The summed E-state index contributed by atoms with van der Waals surface area (Å²) >= 11 is 0. The third-order valence-corrected chi connectivity index (χ3v) is 19.4. The van der Waals surface area contributed by atoms with E-state index in [0.717, 1.165) is 17.1 Å². The molecule has 1 nitrogen and oxygen atoms in total. The summed E-state index contributed by atoms with van der Waals surface area (Å²) in [4.78, 5) is 2.57. The Morgan fingerprint density at radius 2 is 0.671 bits per heavy atom. The molecule has 1 heteroatoms. The first-order valence-corrected chi connectivity index (χ1v) is 29.6. The van der Waals surface area contributed by atoms with Crippen molar-refractivity contribution < 1.29 is 0 Å². The van der Waals surface area contributed by atoms with Crippen LogP contribution in [0, 0.1) is 0 Å². The molecule has 398 valence electrons. The molecule has 0 atom stereocenters. The molecule has 0 radical (unpaired) electrons. The summed E-state index contributed by atoms with van der Waals surface area (Å²) in [6.45, 7) is 23.6. The maximum absolute atomic E-state index is 2.58. The molecule has 0 saturated carbocycles. The SMILES string of the molecule is CC(C)(C)c1ccc2c(c1)C1(c3ccccc3-c3ccc(-c4ccccc4N(c4cccc(-c5ccc6c(c5)C(C)(C)c5ccccc5-6)c4)c4ccccc4-c4cccc5c4-c4ccccc4C5(C)C)cc31)c1cc(C(C)(C)C)ccc1-2. The van der Waals surface area contributed by atoms with Crippen LogP contribution < -0.4 is 4.90 Å². The van der Waals surface area contributed by atoms with E-state index in [1.807, 2.05) is 0 Å². The van der Waals surface area contributed by atoms with E-state index in [0.29, 0.717) is 0 Å². The third kappa shape index (κ3) is 7.11. The highest BCUT2D eigenvalue weighted by Gasteiger charge is 2.52. The fourth-order valence-electron chi connectivity index (χ4n) is 15.2. The number of hydrogen-bond donors (Lipinski definition) is 0. The molecule has 82 heavy (non-hydrogen) atoms. The van der Waals surface area contributed by atoms with Crippen LogP contribution in [-0.2, 0) is 27.1 Å². The predicted molar refractivity (Wildman–Crippen MR) is 346 cm³/mol. The molecule has 11 aromatic carbocycles. The maximum atomic E-state index is 2.58. The number of nitrogens with zero attached hydrogens (tertiary/aromatic N) is 1. The molecule has 0 aliphatic heterocycles. The van der Waals surface area contributed by atoms with Crippen molar-refractivity contribution in [1.82, 2.24) is 0 Å². The second-order valence-corrected chi connectivity index (χ2v) is 26.8. The van der Waals surface area contributed by atoms with Crippen LogP contribution in [0.25, 0.3) is 77.9 Å². The summed E-state index contributed by atoms with van der Waals surface area (Å²) < 4.78 is 0. The number of benzene rings is 11. The van der Waals surface area contributed by atoms with E-state index < -0.39 is 5.41 Å². The van der Waals surface area contributed by atoms with Gasteiger partial charge in [0.1, 0.15) is 0 Å². The number of fused-ring (bicyclic) bond motifs is 16. The van der Waals surface area contributed by atoms with Gasteiger partial charge in [0.25, 0.3) is 0 Å². The normalized spacial score (nSPS) is 15.0.